The van der Waals surface area contributed by atoms with Gasteiger partial charge >= 0.3 is 0 Å². The number of carbonyl (C=O) groups is 1. The lowest BCUT2D eigenvalue weighted by Gasteiger charge is -2.12. The Kier molecular flexibility index (Phi) is 4.98. The normalized spacial score (nSPS) is 10.2. The number of hydrogen-bond acceptors (Lipinski definition) is 2. The number of nitrogens with two attached hydrogens (primary N) is 1. The summed E-state index contributed by atoms with van der Waals surface area (Å²) in [5.74, 6) is -0.259. The van der Waals surface area contributed by atoms with Crippen LogP contribution in [0.5, 0.6) is 0 Å². The van der Waals surface area contributed by atoms with Gasteiger partial charge in [-0.15, -0.1) is 0 Å². The van der Waals surface area contributed by atoms with Gasteiger partial charge in [-0.25, -0.2) is 0 Å². The summed E-state index contributed by atoms with van der Waals surface area (Å²) >= 11 is 14.3. The summed E-state index contributed by atoms with van der Waals surface area (Å²) in [6, 6.07) is 10.5. The first-order valence-corrected chi connectivity index (χ1v) is 7.63. The molecule has 0 heterocycles. The molecule has 0 fully saturated rings. The summed E-state index contributed by atoms with van der Waals surface area (Å²) in [7, 11) is 0. The largest absolute Gasteiger partial charge is 0.389 e. The summed E-state index contributed by atoms with van der Waals surface area (Å²) < 4.78 is 0.820. The molecular weight excluding hydrogens is 372 g/mol. The third-order valence-corrected chi connectivity index (χ3v) is 3.89. The number of halogens is 2. The molecule has 0 aliphatic heterocycles. The second kappa shape index (κ2) is 6.56. The van der Waals surface area contributed by atoms with E-state index in [0.29, 0.717) is 21.8 Å². The minimum Gasteiger partial charge on any atom is -0.389 e. The van der Waals surface area contributed by atoms with Crippen molar-refractivity contribution in [1.29, 1.82) is 0 Å². The lowest BCUT2D eigenvalue weighted by Crippen LogP contribution is -2.18. The third-order valence-electron chi connectivity index (χ3n) is 2.94. The van der Waals surface area contributed by atoms with Gasteiger partial charge < -0.3 is 11.1 Å². The Balaban J connectivity index is 2.38. The van der Waals surface area contributed by atoms with Crippen molar-refractivity contribution >= 4 is 56.3 Å². The highest BCUT2D eigenvalue weighted by Gasteiger charge is 2.13. The van der Waals surface area contributed by atoms with Gasteiger partial charge in [-0.2, -0.15) is 0 Å². The molecule has 1 amide bonds. The van der Waals surface area contributed by atoms with E-state index in [1.807, 2.05) is 13.0 Å². The van der Waals surface area contributed by atoms with Gasteiger partial charge in [-0.05, 0) is 42.8 Å². The molecule has 3 nitrogen and oxygen atoms in total. The van der Waals surface area contributed by atoms with Crippen LogP contribution < -0.4 is 11.1 Å². The molecule has 0 bridgehead atoms. The second-order valence-electron chi connectivity index (χ2n) is 4.47. The number of hydrogen-bond donors (Lipinski definition) is 2. The third kappa shape index (κ3) is 3.81. The minimum absolute atomic E-state index is 0.223. The molecule has 0 saturated carbocycles. The molecule has 0 atom stereocenters. The maximum absolute atomic E-state index is 12.4. The molecule has 108 valence electrons. The van der Waals surface area contributed by atoms with Gasteiger partial charge in [-0.3, -0.25) is 4.79 Å². The average molecular weight is 384 g/mol. The number of thiocarbonyl (C=S) groups is 1. The molecule has 6 heteroatoms. The van der Waals surface area contributed by atoms with E-state index in [0.717, 1.165) is 10.0 Å². The van der Waals surface area contributed by atoms with E-state index in [1.165, 1.54) is 0 Å². The molecule has 2 aromatic carbocycles. The monoisotopic (exact) mass is 382 g/mol. The molecule has 2 rings (SSSR count). The summed E-state index contributed by atoms with van der Waals surface area (Å²) in [6.45, 7) is 1.85. The molecule has 0 aromatic heterocycles. The number of anilines is 1. The van der Waals surface area contributed by atoms with Crippen LogP contribution in [-0.2, 0) is 0 Å². The van der Waals surface area contributed by atoms with Crippen LogP contribution in [0.3, 0.4) is 0 Å². The Bertz CT molecular complexity index is 734. The highest BCUT2D eigenvalue weighted by atomic mass is 79.9. The van der Waals surface area contributed by atoms with Crippen LogP contribution in [0.1, 0.15) is 21.5 Å². The van der Waals surface area contributed by atoms with Gasteiger partial charge in [0.1, 0.15) is 4.99 Å². The van der Waals surface area contributed by atoms with Crippen LogP contribution in [0.2, 0.25) is 5.02 Å². The standard InChI is InChI=1S/C15H12BrClN2OS/c1-8-2-4-10(17)7-12(8)15(20)19-13-6-9(16)3-5-11(13)14(18)21/h2-7H,1H3,(H2,18,21)(H,19,20). The van der Waals surface area contributed by atoms with Crippen LogP contribution >= 0.6 is 39.7 Å². The van der Waals surface area contributed by atoms with Crippen molar-refractivity contribution < 1.29 is 4.79 Å². The Morgan fingerprint density at radius 2 is 1.95 bits per heavy atom. The average Bonchev–Trinajstić information content (AvgIpc) is 2.41. The molecule has 3 N–H and O–H groups in total. The van der Waals surface area contributed by atoms with Gasteiger partial charge in [-0.1, -0.05) is 45.8 Å². The molecule has 0 aliphatic rings. The van der Waals surface area contributed by atoms with Gasteiger partial charge in [0.05, 0.1) is 5.69 Å². The van der Waals surface area contributed by atoms with E-state index in [2.05, 4.69) is 21.2 Å². The van der Waals surface area contributed by atoms with E-state index in [1.54, 1.807) is 30.3 Å². The fourth-order valence-corrected chi connectivity index (χ4v) is 2.57. The Labute approximate surface area is 141 Å². The summed E-state index contributed by atoms with van der Waals surface area (Å²) in [5, 5.41) is 3.33. The fourth-order valence-electron chi connectivity index (χ4n) is 1.86. The van der Waals surface area contributed by atoms with Crippen LogP contribution in [0.15, 0.2) is 40.9 Å². The van der Waals surface area contributed by atoms with E-state index in [-0.39, 0.29) is 10.9 Å². The van der Waals surface area contributed by atoms with Crippen molar-refractivity contribution in [3.05, 3.63) is 62.6 Å². The van der Waals surface area contributed by atoms with Crippen molar-refractivity contribution in [2.75, 3.05) is 5.32 Å². The molecule has 0 unspecified atom stereocenters. The first-order chi connectivity index (χ1) is 9.88. The topological polar surface area (TPSA) is 55.1 Å². The Morgan fingerprint density at radius 1 is 1.24 bits per heavy atom. The zero-order valence-electron chi connectivity index (χ0n) is 11.1. The lowest BCUT2D eigenvalue weighted by molar-refractivity contribution is 0.102. The van der Waals surface area contributed by atoms with Crippen molar-refractivity contribution in [2.24, 2.45) is 5.73 Å². The maximum atomic E-state index is 12.4. The number of amides is 1. The zero-order chi connectivity index (χ0) is 15.6. The van der Waals surface area contributed by atoms with E-state index < -0.39 is 0 Å². The zero-order valence-corrected chi connectivity index (χ0v) is 14.3. The number of aryl methyl sites for hydroxylation is 1. The molecular formula is C15H12BrClN2OS. The first-order valence-electron chi connectivity index (χ1n) is 6.05. The maximum Gasteiger partial charge on any atom is 0.256 e. The highest BCUT2D eigenvalue weighted by molar-refractivity contribution is 9.10. The SMILES string of the molecule is Cc1ccc(Cl)cc1C(=O)Nc1cc(Br)ccc1C(N)=S. The van der Waals surface area contributed by atoms with Crippen LogP contribution in [0, 0.1) is 6.92 Å². The fraction of sp³-hybridized carbons (Fsp3) is 0.0667. The highest BCUT2D eigenvalue weighted by Crippen LogP contribution is 2.23. The van der Waals surface area contributed by atoms with Gasteiger partial charge in [0.15, 0.2) is 0 Å². The quantitative estimate of drug-likeness (QED) is 0.777. The van der Waals surface area contributed by atoms with Crippen LogP contribution in [0.4, 0.5) is 5.69 Å². The minimum atomic E-state index is -0.259. The molecule has 0 saturated heterocycles. The Hall–Kier alpha value is -1.43. The first kappa shape index (κ1) is 15.9. The van der Waals surface area contributed by atoms with Crippen molar-refractivity contribution in [3.8, 4) is 0 Å². The lowest BCUT2D eigenvalue weighted by atomic mass is 10.1. The van der Waals surface area contributed by atoms with Gasteiger partial charge in [0, 0.05) is 20.6 Å². The number of carbonyl (C=O) groups excluding carboxylic acids is 1. The van der Waals surface area contributed by atoms with E-state index in [9.17, 15) is 4.79 Å². The molecule has 0 radical (unpaired) electrons. The second-order valence-corrected chi connectivity index (χ2v) is 6.26. The number of nitrogens with one attached hydrogen (secondary N) is 1. The molecule has 0 spiro atoms. The molecule has 21 heavy (non-hydrogen) atoms. The van der Waals surface area contributed by atoms with Crippen LogP contribution in [0.25, 0.3) is 0 Å². The summed E-state index contributed by atoms with van der Waals surface area (Å²) in [5.41, 5.74) is 8.19. The van der Waals surface area contributed by atoms with Crippen LogP contribution in [-0.4, -0.2) is 10.9 Å². The van der Waals surface area contributed by atoms with Gasteiger partial charge in [0.2, 0.25) is 0 Å². The smallest absolute Gasteiger partial charge is 0.256 e. The number of benzene rings is 2. The van der Waals surface area contributed by atoms with E-state index in [4.69, 9.17) is 29.6 Å². The van der Waals surface area contributed by atoms with E-state index >= 15 is 0 Å². The van der Waals surface area contributed by atoms with Crippen molar-refractivity contribution in [1.82, 2.24) is 0 Å². The van der Waals surface area contributed by atoms with Gasteiger partial charge in [0.25, 0.3) is 5.91 Å². The van der Waals surface area contributed by atoms with Crippen molar-refractivity contribution in [3.63, 3.8) is 0 Å². The predicted octanol–water partition coefficient (Wildman–Crippen LogP) is 4.30. The summed E-state index contributed by atoms with van der Waals surface area (Å²) in [4.78, 5) is 12.6. The molecule has 2 aromatic rings. The molecule has 0 aliphatic carbocycles. The van der Waals surface area contributed by atoms with Crippen molar-refractivity contribution in [2.45, 2.75) is 6.92 Å². The summed E-state index contributed by atoms with van der Waals surface area (Å²) in [6.07, 6.45) is 0. The Morgan fingerprint density at radius 3 is 2.62 bits per heavy atom. The predicted molar refractivity (Wildman–Crippen MR) is 94.2 cm³/mol. The number of rotatable bonds is 3.